The highest BCUT2D eigenvalue weighted by molar-refractivity contribution is 9.10. The molecule has 1 fully saturated rings. The Morgan fingerprint density at radius 3 is 2.58 bits per heavy atom. The van der Waals surface area contributed by atoms with Gasteiger partial charge in [-0.05, 0) is 57.1 Å². The van der Waals surface area contributed by atoms with Crippen LogP contribution in [0.3, 0.4) is 0 Å². The number of hydrogen-bond acceptors (Lipinski definition) is 1. The van der Waals surface area contributed by atoms with Crippen LogP contribution in [0.15, 0.2) is 28.1 Å². The molecule has 19 heavy (non-hydrogen) atoms. The van der Waals surface area contributed by atoms with E-state index in [1.54, 1.807) is 0 Å². The SMILES string of the molecule is Brc1cccc2c(C(Br)C3CCCCCC3)csc12. The standard InChI is InChI=1S/C16H18Br2S/c17-14-9-5-8-12-13(10-19-16(12)14)15(18)11-6-3-1-2-4-7-11/h5,8-11,15H,1-4,6-7H2. The third kappa shape index (κ3) is 2.93. The van der Waals surface area contributed by atoms with Gasteiger partial charge in [0.2, 0.25) is 0 Å². The number of rotatable bonds is 2. The van der Waals surface area contributed by atoms with E-state index in [0.717, 1.165) is 5.92 Å². The Balaban J connectivity index is 1.92. The van der Waals surface area contributed by atoms with Gasteiger partial charge in [0.15, 0.2) is 0 Å². The minimum Gasteiger partial charge on any atom is -0.142 e. The average Bonchev–Trinajstić information content (AvgIpc) is 2.67. The van der Waals surface area contributed by atoms with E-state index in [0.29, 0.717) is 4.83 Å². The highest BCUT2D eigenvalue weighted by Gasteiger charge is 2.24. The van der Waals surface area contributed by atoms with Gasteiger partial charge in [0.05, 0.1) is 0 Å². The Morgan fingerprint density at radius 1 is 1.11 bits per heavy atom. The van der Waals surface area contributed by atoms with Crippen LogP contribution >= 0.6 is 43.2 Å². The van der Waals surface area contributed by atoms with Crippen molar-refractivity contribution >= 4 is 53.3 Å². The molecule has 0 N–H and O–H groups in total. The van der Waals surface area contributed by atoms with Crippen LogP contribution in [-0.4, -0.2) is 0 Å². The molecule has 1 saturated carbocycles. The van der Waals surface area contributed by atoms with Gasteiger partial charge in [-0.3, -0.25) is 0 Å². The fourth-order valence-electron chi connectivity index (χ4n) is 3.11. The summed E-state index contributed by atoms with van der Waals surface area (Å²) in [7, 11) is 0. The third-order valence-corrected chi connectivity index (χ3v) is 7.40. The zero-order chi connectivity index (χ0) is 13.2. The van der Waals surface area contributed by atoms with Crippen molar-refractivity contribution in [3.05, 3.63) is 33.6 Å². The molecule has 0 amide bonds. The summed E-state index contributed by atoms with van der Waals surface area (Å²) in [6, 6.07) is 6.55. The molecule has 1 aliphatic rings. The van der Waals surface area contributed by atoms with Gasteiger partial charge in [-0.25, -0.2) is 0 Å². The summed E-state index contributed by atoms with van der Waals surface area (Å²) >= 11 is 9.52. The molecule has 102 valence electrons. The van der Waals surface area contributed by atoms with Crippen molar-refractivity contribution < 1.29 is 0 Å². The van der Waals surface area contributed by atoms with Crippen molar-refractivity contribution in [1.82, 2.24) is 0 Å². The van der Waals surface area contributed by atoms with Crippen molar-refractivity contribution in [3.8, 4) is 0 Å². The lowest BCUT2D eigenvalue weighted by Gasteiger charge is -2.20. The van der Waals surface area contributed by atoms with E-state index in [-0.39, 0.29) is 0 Å². The van der Waals surface area contributed by atoms with Gasteiger partial charge in [-0.15, -0.1) is 11.3 Å². The second-order valence-corrected chi connectivity index (χ2v) is 8.18. The average molecular weight is 402 g/mol. The number of fused-ring (bicyclic) bond motifs is 1. The predicted molar refractivity (Wildman–Crippen MR) is 92.4 cm³/mol. The maximum atomic E-state index is 4.00. The Morgan fingerprint density at radius 2 is 1.84 bits per heavy atom. The van der Waals surface area contributed by atoms with Crippen molar-refractivity contribution in [1.29, 1.82) is 0 Å². The van der Waals surface area contributed by atoms with Crippen LogP contribution in [0.5, 0.6) is 0 Å². The molecule has 1 aromatic heterocycles. The van der Waals surface area contributed by atoms with Crippen LogP contribution < -0.4 is 0 Å². The van der Waals surface area contributed by atoms with E-state index in [1.165, 1.54) is 58.6 Å². The monoisotopic (exact) mass is 400 g/mol. The summed E-state index contributed by atoms with van der Waals surface area (Å²) in [6.07, 6.45) is 8.40. The molecular weight excluding hydrogens is 384 g/mol. The van der Waals surface area contributed by atoms with Crippen molar-refractivity contribution in [2.24, 2.45) is 5.92 Å². The molecule has 0 bridgehead atoms. The molecule has 1 aromatic carbocycles. The van der Waals surface area contributed by atoms with Crippen LogP contribution in [-0.2, 0) is 0 Å². The first-order chi connectivity index (χ1) is 9.27. The molecule has 0 aliphatic heterocycles. The summed E-state index contributed by atoms with van der Waals surface area (Å²) in [5.74, 6) is 0.805. The van der Waals surface area contributed by atoms with Gasteiger partial charge in [0.25, 0.3) is 0 Å². The van der Waals surface area contributed by atoms with Crippen LogP contribution in [0.1, 0.15) is 48.9 Å². The highest BCUT2D eigenvalue weighted by atomic mass is 79.9. The van der Waals surface area contributed by atoms with Crippen LogP contribution in [0.2, 0.25) is 0 Å². The van der Waals surface area contributed by atoms with Gasteiger partial charge in [-0.2, -0.15) is 0 Å². The first-order valence-electron chi connectivity index (χ1n) is 7.07. The number of benzene rings is 1. The molecule has 0 radical (unpaired) electrons. The molecule has 1 aliphatic carbocycles. The second-order valence-electron chi connectivity index (χ2n) is 5.46. The fourth-order valence-corrected chi connectivity index (χ4v) is 5.85. The van der Waals surface area contributed by atoms with Crippen LogP contribution in [0.25, 0.3) is 10.1 Å². The van der Waals surface area contributed by atoms with Crippen molar-refractivity contribution in [3.63, 3.8) is 0 Å². The van der Waals surface area contributed by atoms with Crippen molar-refractivity contribution in [2.45, 2.75) is 43.4 Å². The number of halogens is 2. The Hall–Kier alpha value is 0.140. The Bertz CT molecular complexity index is 553. The van der Waals surface area contributed by atoms with E-state index in [1.807, 2.05) is 11.3 Å². The molecule has 1 unspecified atom stereocenters. The predicted octanol–water partition coefficient (Wildman–Crippen LogP) is 7.07. The highest BCUT2D eigenvalue weighted by Crippen LogP contribution is 2.44. The second kappa shape index (κ2) is 6.28. The van der Waals surface area contributed by atoms with Gasteiger partial charge < -0.3 is 0 Å². The molecule has 2 aromatic rings. The molecule has 3 heteroatoms. The molecule has 0 spiro atoms. The minimum atomic E-state index is 0.522. The number of thiophene rings is 1. The zero-order valence-electron chi connectivity index (χ0n) is 10.9. The molecule has 3 rings (SSSR count). The van der Waals surface area contributed by atoms with Gasteiger partial charge >= 0.3 is 0 Å². The maximum absolute atomic E-state index is 4.00. The first kappa shape index (κ1) is 14.1. The molecule has 1 heterocycles. The number of hydrogen-bond donors (Lipinski definition) is 0. The van der Waals surface area contributed by atoms with Gasteiger partial charge in [0, 0.05) is 14.0 Å². The van der Waals surface area contributed by atoms with Gasteiger partial charge in [0.1, 0.15) is 0 Å². The van der Waals surface area contributed by atoms with Crippen molar-refractivity contribution in [2.75, 3.05) is 0 Å². The molecule has 0 saturated heterocycles. The summed E-state index contributed by atoms with van der Waals surface area (Å²) in [5, 5.41) is 3.77. The van der Waals surface area contributed by atoms with E-state index in [9.17, 15) is 0 Å². The summed E-state index contributed by atoms with van der Waals surface area (Å²) < 4.78 is 2.61. The zero-order valence-corrected chi connectivity index (χ0v) is 14.9. The van der Waals surface area contributed by atoms with E-state index >= 15 is 0 Å². The Labute approximate surface area is 135 Å². The van der Waals surface area contributed by atoms with Crippen LogP contribution in [0.4, 0.5) is 0 Å². The van der Waals surface area contributed by atoms with E-state index < -0.39 is 0 Å². The quantitative estimate of drug-likeness (QED) is 0.372. The molecule has 1 atom stereocenters. The lowest BCUT2D eigenvalue weighted by Crippen LogP contribution is -2.06. The molecule has 0 nitrogen and oxygen atoms in total. The summed E-state index contributed by atoms with van der Waals surface area (Å²) in [6.45, 7) is 0. The van der Waals surface area contributed by atoms with Gasteiger partial charge in [-0.1, -0.05) is 53.7 Å². The fraction of sp³-hybridized carbons (Fsp3) is 0.500. The van der Waals surface area contributed by atoms with E-state index in [4.69, 9.17) is 0 Å². The summed E-state index contributed by atoms with van der Waals surface area (Å²) in [4.78, 5) is 0.522. The van der Waals surface area contributed by atoms with Crippen LogP contribution in [0, 0.1) is 5.92 Å². The lowest BCUT2D eigenvalue weighted by molar-refractivity contribution is 0.456. The normalized spacial score (nSPS) is 19.5. The summed E-state index contributed by atoms with van der Waals surface area (Å²) in [5.41, 5.74) is 1.49. The lowest BCUT2D eigenvalue weighted by atomic mass is 9.92. The number of alkyl halides is 1. The molecular formula is C16H18Br2S. The third-order valence-electron chi connectivity index (χ3n) is 4.19. The minimum absolute atomic E-state index is 0.522. The first-order valence-corrected chi connectivity index (χ1v) is 9.66. The smallest absolute Gasteiger partial charge is 0.0488 e. The topological polar surface area (TPSA) is 0 Å². The van der Waals surface area contributed by atoms with E-state index in [2.05, 4.69) is 55.4 Å². The largest absolute Gasteiger partial charge is 0.142 e. The Kier molecular flexibility index (Phi) is 4.66. The maximum Gasteiger partial charge on any atom is 0.0488 e.